The van der Waals surface area contributed by atoms with Gasteiger partial charge in [0.2, 0.25) is 0 Å². The molecule has 14 heteroatoms. The molecule has 1 amide bonds. The van der Waals surface area contributed by atoms with Crippen molar-refractivity contribution >= 4 is 69.7 Å². The number of carbonyl (C=O) groups is 2. The van der Waals surface area contributed by atoms with Gasteiger partial charge in [-0.2, -0.15) is 0 Å². The number of benzene rings is 3. The summed E-state index contributed by atoms with van der Waals surface area (Å²) in [6.45, 7) is 5.73. The van der Waals surface area contributed by atoms with E-state index in [4.69, 9.17) is 23.3 Å². The lowest BCUT2D eigenvalue weighted by Gasteiger charge is -2.27. The van der Waals surface area contributed by atoms with Gasteiger partial charge in [0.25, 0.3) is 0 Å². The van der Waals surface area contributed by atoms with E-state index in [1.165, 1.54) is 20.4 Å². The van der Waals surface area contributed by atoms with Gasteiger partial charge in [0.05, 0.1) is 6.61 Å². The van der Waals surface area contributed by atoms with Crippen LogP contribution in [0.2, 0.25) is 0 Å². The van der Waals surface area contributed by atoms with Crippen molar-refractivity contribution < 1.29 is 37.4 Å². The minimum absolute atomic E-state index is 0.00303. The van der Waals surface area contributed by atoms with Crippen molar-refractivity contribution in [2.24, 2.45) is 0 Å². The van der Waals surface area contributed by atoms with Crippen LogP contribution >= 0.6 is 57.6 Å². The van der Waals surface area contributed by atoms with Crippen molar-refractivity contribution in [3.63, 3.8) is 0 Å². The molecule has 0 N–H and O–H groups in total. The van der Waals surface area contributed by atoms with Crippen LogP contribution in [-0.2, 0) is 30.2 Å². The molecule has 3 aromatic carbocycles. The summed E-state index contributed by atoms with van der Waals surface area (Å²) in [7, 11) is -1.56. The van der Waals surface area contributed by atoms with Crippen molar-refractivity contribution in [1.82, 2.24) is 4.90 Å². The Morgan fingerprint density at radius 2 is 1.42 bits per heavy atom. The second-order valence-corrected chi connectivity index (χ2v) is 14.1. The van der Waals surface area contributed by atoms with Gasteiger partial charge in [0.1, 0.15) is 37.5 Å². The minimum Gasteiger partial charge on any atom is -0.462 e. The normalized spacial score (nSPS) is 11.1. The van der Waals surface area contributed by atoms with E-state index in [-0.39, 0.29) is 31.3 Å². The number of carbonyl (C=O) groups excluding carboxylic acids is 2. The lowest BCUT2D eigenvalue weighted by atomic mass is 10.2. The summed E-state index contributed by atoms with van der Waals surface area (Å²) in [5.74, 6) is -0.213. The predicted molar refractivity (Wildman–Crippen MR) is 176 cm³/mol. The highest BCUT2D eigenvalue weighted by Gasteiger charge is 2.36. The molecular weight excluding hydrogens is 745 g/mol. The maximum Gasteiger partial charge on any atom is 0.450 e. The summed E-state index contributed by atoms with van der Waals surface area (Å²) >= 11 is 6.75. The Bertz CT molecular complexity index is 1360. The Morgan fingerprint density at radius 3 is 1.95 bits per heavy atom. The van der Waals surface area contributed by atoms with Gasteiger partial charge in [-0.3, -0.25) is 9.69 Å². The Balaban J connectivity index is 1.92. The third-order valence-corrected chi connectivity index (χ3v) is 10.8. The van der Waals surface area contributed by atoms with E-state index in [0.29, 0.717) is 6.61 Å². The summed E-state index contributed by atoms with van der Waals surface area (Å²) in [5, 5.41) is 0. The smallest absolute Gasteiger partial charge is 0.450 e. The van der Waals surface area contributed by atoms with Gasteiger partial charge in [-0.05, 0) is 112 Å². The number of aryl methyl sites for hydroxylation is 2. The SMILES string of the molecule is CCOCCOC(=O)CN(CP(=O)(Oc1ccc(C)c(SBr)c1)Oc1ccc(C)c(SBr)c1)C(=O)OCc1ccccc1. The van der Waals surface area contributed by atoms with Gasteiger partial charge in [-0.25, -0.2) is 9.36 Å². The molecule has 0 aromatic heterocycles. The van der Waals surface area contributed by atoms with Gasteiger partial charge in [-0.15, -0.1) is 0 Å². The largest absolute Gasteiger partial charge is 0.462 e. The van der Waals surface area contributed by atoms with Gasteiger partial charge in [0, 0.05) is 16.4 Å². The molecule has 0 aliphatic carbocycles. The topological polar surface area (TPSA) is 101 Å². The highest BCUT2D eigenvalue weighted by molar-refractivity contribution is 9.50. The fraction of sp³-hybridized carbons (Fsp3) is 0.310. The molecule has 0 saturated carbocycles. The monoisotopic (exact) mass is 775 g/mol. The van der Waals surface area contributed by atoms with Crippen molar-refractivity contribution in [2.45, 2.75) is 37.2 Å². The molecule has 0 saturated heterocycles. The average molecular weight is 777 g/mol. The molecule has 9 nitrogen and oxygen atoms in total. The summed E-state index contributed by atoms with van der Waals surface area (Å²) in [4.78, 5) is 28.7. The van der Waals surface area contributed by atoms with Gasteiger partial charge >= 0.3 is 19.7 Å². The van der Waals surface area contributed by atoms with Crippen LogP contribution in [0.15, 0.2) is 76.5 Å². The van der Waals surface area contributed by atoms with E-state index in [1.54, 1.807) is 36.4 Å². The molecule has 0 bridgehead atoms. The van der Waals surface area contributed by atoms with Gasteiger partial charge < -0.3 is 23.3 Å². The number of hydrogen-bond acceptors (Lipinski definition) is 10. The van der Waals surface area contributed by atoms with Crippen molar-refractivity contribution in [2.75, 3.05) is 32.7 Å². The van der Waals surface area contributed by atoms with E-state index in [0.717, 1.165) is 31.4 Å². The van der Waals surface area contributed by atoms with E-state index < -0.39 is 32.5 Å². The second kappa shape index (κ2) is 18.0. The maximum atomic E-state index is 14.5. The lowest BCUT2D eigenvalue weighted by molar-refractivity contribution is -0.145. The van der Waals surface area contributed by atoms with E-state index >= 15 is 0 Å². The minimum atomic E-state index is -4.21. The lowest BCUT2D eigenvalue weighted by Crippen LogP contribution is -2.38. The molecular formula is C29H32Br2NO8PS2. The molecule has 0 radical (unpaired) electrons. The Morgan fingerprint density at radius 1 is 0.837 bits per heavy atom. The molecule has 0 spiro atoms. The fourth-order valence-electron chi connectivity index (χ4n) is 3.59. The number of esters is 1. The number of hydrogen-bond donors (Lipinski definition) is 0. The zero-order chi connectivity index (χ0) is 31.2. The molecule has 0 fully saturated rings. The Labute approximate surface area is 275 Å². The number of halogens is 2. The first-order chi connectivity index (χ1) is 20.7. The van der Waals surface area contributed by atoms with E-state index in [1.807, 2.05) is 51.1 Å². The van der Waals surface area contributed by atoms with Crippen LogP contribution in [0.4, 0.5) is 4.79 Å². The van der Waals surface area contributed by atoms with Crippen LogP contribution in [-0.4, -0.2) is 49.6 Å². The zero-order valence-corrected chi connectivity index (χ0v) is 29.5. The van der Waals surface area contributed by atoms with Crippen molar-refractivity contribution in [3.05, 3.63) is 83.4 Å². The van der Waals surface area contributed by atoms with E-state index in [9.17, 15) is 14.2 Å². The fourth-order valence-corrected chi connectivity index (χ4v) is 8.04. The van der Waals surface area contributed by atoms with Crippen LogP contribution in [0, 0.1) is 13.8 Å². The molecule has 0 atom stereocenters. The highest BCUT2D eigenvalue weighted by Crippen LogP contribution is 2.50. The van der Waals surface area contributed by atoms with E-state index in [2.05, 4.69) is 29.6 Å². The first-order valence-electron chi connectivity index (χ1n) is 13.1. The molecule has 0 aliphatic heterocycles. The Hall–Kier alpha value is -2.15. The molecule has 3 aromatic rings. The van der Waals surface area contributed by atoms with Crippen LogP contribution in [0.1, 0.15) is 23.6 Å². The molecule has 3 rings (SSSR count). The molecule has 0 aliphatic rings. The van der Waals surface area contributed by atoms with Crippen LogP contribution in [0.25, 0.3) is 0 Å². The number of ether oxygens (including phenoxy) is 3. The molecule has 0 unspecified atom stereocenters. The number of nitrogens with zero attached hydrogens (tertiary/aromatic N) is 1. The van der Waals surface area contributed by atoms with Crippen LogP contribution in [0.3, 0.4) is 0 Å². The van der Waals surface area contributed by atoms with Crippen LogP contribution < -0.4 is 9.05 Å². The standard InChI is InChI=1S/C29H32Br2NO8PS2/c1-4-36-14-15-37-28(33)18-32(29(34)38-19-23-8-6-5-7-9-23)20-41(35,39-24-12-10-21(2)26(16-24)42-30)40-25-13-11-22(3)27(17-25)43-31/h5-13,16-17H,4,14-15,18-20H2,1-3H3. The predicted octanol–water partition coefficient (Wildman–Crippen LogP) is 8.93. The maximum absolute atomic E-state index is 14.5. The zero-order valence-electron chi connectivity index (χ0n) is 23.8. The van der Waals surface area contributed by atoms with Crippen molar-refractivity contribution in [3.8, 4) is 11.5 Å². The summed E-state index contributed by atoms with van der Waals surface area (Å²) in [5.41, 5.74) is 2.69. The summed E-state index contributed by atoms with van der Waals surface area (Å²) in [6, 6.07) is 19.4. The molecule has 232 valence electrons. The van der Waals surface area contributed by atoms with Crippen LogP contribution in [0.5, 0.6) is 11.5 Å². The van der Waals surface area contributed by atoms with Gasteiger partial charge in [-0.1, -0.05) is 42.5 Å². The second-order valence-electron chi connectivity index (χ2n) is 9.10. The number of rotatable bonds is 16. The average Bonchev–Trinajstić information content (AvgIpc) is 3.00. The third-order valence-electron chi connectivity index (χ3n) is 5.80. The summed E-state index contributed by atoms with van der Waals surface area (Å²) < 4.78 is 42.4. The summed E-state index contributed by atoms with van der Waals surface area (Å²) in [6.07, 6.45) is -1.49. The first kappa shape index (κ1) is 35.3. The molecule has 0 heterocycles. The first-order valence-corrected chi connectivity index (χ1v) is 20.2. The van der Waals surface area contributed by atoms with Crippen molar-refractivity contribution in [1.29, 1.82) is 0 Å². The molecule has 43 heavy (non-hydrogen) atoms. The van der Waals surface area contributed by atoms with Gasteiger partial charge in [0.15, 0.2) is 0 Å². The Kier molecular flexibility index (Phi) is 14.8. The third kappa shape index (κ3) is 11.7. The highest BCUT2D eigenvalue weighted by atomic mass is 79.9. The number of amides is 1. The quantitative estimate of drug-likeness (QED) is 0.0797.